The Morgan fingerprint density at radius 3 is 2.55 bits per heavy atom. The molecule has 5 heteroatoms. The molecule has 1 amide bonds. The van der Waals surface area contributed by atoms with Crippen LogP contribution < -0.4 is 0 Å². The van der Waals surface area contributed by atoms with E-state index in [1.165, 1.54) is 12.1 Å². The Bertz CT molecular complexity index is 563. The summed E-state index contributed by atoms with van der Waals surface area (Å²) in [6.07, 6.45) is 5.66. The van der Waals surface area contributed by atoms with Crippen molar-refractivity contribution in [3.63, 3.8) is 0 Å². The monoisotopic (exact) mass is 304 g/mol. The molecular formula is C17H21FN2O2. The van der Waals surface area contributed by atoms with Gasteiger partial charge in [0.15, 0.2) is 0 Å². The van der Waals surface area contributed by atoms with Gasteiger partial charge in [-0.05, 0) is 17.7 Å². The van der Waals surface area contributed by atoms with E-state index >= 15 is 0 Å². The molecule has 0 atom stereocenters. The largest absolute Gasteiger partial charge is 0.441 e. The minimum absolute atomic E-state index is 0.204. The van der Waals surface area contributed by atoms with E-state index in [-0.39, 0.29) is 17.5 Å². The molecule has 2 saturated heterocycles. The minimum atomic E-state index is -0.275. The molecule has 0 bridgehead atoms. The molecule has 3 rings (SSSR count). The van der Waals surface area contributed by atoms with E-state index in [4.69, 9.17) is 4.74 Å². The zero-order valence-corrected chi connectivity index (χ0v) is 12.8. The normalized spacial score (nSPS) is 21.7. The lowest BCUT2D eigenvalue weighted by Crippen LogP contribution is -2.46. The Labute approximate surface area is 130 Å². The number of amides is 1. The highest BCUT2D eigenvalue weighted by Gasteiger charge is 2.45. The Morgan fingerprint density at radius 2 is 1.95 bits per heavy atom. The Morgan fingerprint density at radius 1 is 1.27 bits per heavy atom. The van der Waals surface area contributed by atoms with E-state index < -0.39 is 0 Å². The first kappa shape index (κ1) is 15.0. The lowest BCUT2D eigenvalue weighted by molar-refractivity contribution is 0.00344. The summed E-state index contributed by atoms with van der Waals surface area (Å²) >= 11 is 0. The zero-order valence-electron chi connectivity index (χ0n) is 12.8. The summed E-state index contributed by atoms with van der Waals surface area (Å²) in [5.74, 6) is -0.213. The van der Waals surface area contributed by atoms with E-state index in [2.05, 4.69) is 11.0 Å². The summed E-state index contributed by atoms with van der Waals surface area (Å²) in [4.78, 5) is 15.5. The van der Waals surface area contributed by atoms with Gasteiger partial charge in [0.2, 0.25) is 0 Å². The van der Waals surface area contributed by atoms with Crippen LogP contribution in [0.2, 0.25) is 0 Å². The molecule has 0 unspecified atom stereocenters. The summed E-state index contributed by atoms with van der Waals surface area (Å²) in [6.45, 7) is 3.41. The molecule has 2 fully saturated rings. The third-order valence-electron chi connectivity index (χ3n) is 4.45. The van der Waals surface area contributed by atoms with Crippen LogP contribution in [0.1, 0.15) is 18.4 Å². The summed E-state index contributed by atoms with van der Waals surface area (Å²) in [5.41, 5.74) is 0.726. The van der Waals surface area contributed by atoms with Crippen molar-refractivity contribution in [3.8, 4) is 0 Å². The number of carbonyl (C=O) groups excluding carboxylic acids is 1. The van der Waals surface area contributed by atoms with Crippen molar-refractivity contribution in [3.05, 3.63) is 41.7 Å². The molecule has 0 radical (unpaired) electrons. The summed E-state index contributed by atoms with van der Waals surface area (Å²) in [6, 6.07) is 6.47. The van der Waals surface area contributed by atoms with Crippen molar-refractivity contribution in [2.45, 2.75) is 18.4 Å². The van der Waals surface area contributed by atoms with E-state index in [0.29, 0.717) is 6.54 Å². The average Bonchev–Trinajstić information content (AvgIpc) is 2.78. The fourth-order valence-electron chi connectivity index (χ4n) is 3.11. The number of hydrogen-bond donors (Lipinski definition) is 0. The van der Waals surface area contributed by atoms with Gasteiger partial charge in [-0.3, -0.25) is 4.90 Å². The number of halogens is 1. The average molecular weight is 304 g/mol. The van der Waals surface area contributed by atoms with Gasteiger partial charge >= 0.3 is 6.09 Å². The molecule has 0 N–H and O–H groups in total. The lowest BCUT2D eigenvalue weighted by Gasteiger charge is -2.36. The second kappa shape index (κ2) is 6.08. The van der Waals surface area contributed by atoms with E-state index in [9.17, 15) is 9.18 Å². The molecule has 1 aromatic rings. The van der Waals surface area contributed by atoms with Gasteiger partial charge in [0, 0.05) is 39.5 Å². The third-order valence-corrected chi connectivity index (χ3v) is 4.45. The Hall–Kier alpha value is -1.88. The van der Waals surface area contributed by atoms with Gasteiger partial charge in [0.1, 0.15) is 11.4 Å². The predicted octanol–water partition coefficient (Wildman–Crippen LogP) is 2.76. The number of hydrogen-bond acceptors (Lipinski definition) is 3. The number of carbonyl (C=O) groups is 1. The highest BCUT2D eigenvalue weighted by atomic mass is 19.1. The quantitative estimate of drug-likeness (QED) is 0.861. The topological polar surface area (TPSA) is 32.8 Å². The fraction of sp³-hybridized carbons (Fsp3) is 0.471. The van der Waals surface area contributed by atoms with Gasteiger partial charge in [-0.15, -0.1) is 0 Å². The van der Waals surface area contributed by atoms with Crippen molar-refractivity contribution in [2.24, 2.45) is 0 Å². The van der Waals surface area contributed by atoms with Crippen molar-refractivity contribution >= 4 is 12.2 Å². The summed E-state index contributed by atoms with van der Waals surface area (Å²) in [5, 5.41) is 0. The number of benzene rings is 1. The van der Waals surface area contributed by atoms with E-state index in [1.807, 2.05) is 6.08 Å². The van der Waals surface area contributed by atoms with Crippen LogP contribution in [0.4, 0.5) is 9.18 Å². The first-order valence-electron chi connectivity index (χ1n) is 7.65. The molecule has 1 aromatic carbocycles. The molecule has 0 aliphatic carbocycles. The highest BCUT2D eigenvalue weighted by molar-refractivity contribution is 5.70. The van der Waals surface area contributed by atoms with Crippen molar-refractivity contribution in [1.82, 2.24) is 9.80 Å². The molecular weight excluding hydrogens is 283 g/mol. The molecule has 118 valence electrons. The van der Waals surface area contributed by atoms with Gasteiger partial charge in [0.05, 0.1) is 6.54 Å². The minimum Gasteiger partial charge on any atom is -0.441 e. The first-order valence-corrected chi connectivity index (χ1v) is 7.65. The third kappa shape index (κ3) is 3.30. The molecule has 2 heterocycles. The molecule has 2 aliphatic rings. The van der Waals surface area contributed by atoms with Crippen LogP contribution in [-0.2, 0) is 4.74 Å². The lowest BCUT2D eigenvalue weighted by atomic mass is 9.91. The highest BCUT2D eigenvalue weighted by Crippen LogP contribution is 2.32. The smallest absolute Gasteiger partial charge is 0.410 e. The Balaban J connectivity index is 1.48. The van der Waals surface area contributed by atoms with Crippen LogP contribution >= 0.6 is 0 Å². The molecule has 1 spiro atoms. The number of ether oxygens (including phenoxy) is 1. The Kier molecular flexibility index (Phi) is 4.16. The second-order valence-electron chi connectivity index (χ2n) is 6.16. The van der Waals surface area contributed by atoms with E-state index in [1.54, 1.807) is 24.1 Å². The predicted molar refractivity (Wildman–Crippen MR) is 83.0 cm³/mol. The van der Waals surface area contributed by atoms with Gasteiger partial charge in [-0.25, -0.2) is 9.18 Å². The van der Waals surface area contributed by atoms with Gasteiger partial charge < -0.3 is 9.64 Å². The maximum Gasteiger partial charge on any atom is 0.410 e. The molecule has 0 saturated carbocycles. The number of likely N-dealkylation sites (tertiary alicyclic amines) is 1. The number of nitrogens with zero attached hydrogens (tertiary/aromatic N) is 2. The van der Waals surface area contributed by atoms with Crippen LogP contribution in [0.5, 0.6) is 0 Å². The van der Waals surface area contributed by atoms with Gasteiger partial charge in [-0.1, -0.05) is 24.3 Å². The van der Waals surface area contributed by atoms with Crippen LogP contribution in [0.3, 0.4) is 0 Å². The SMILES string of the molecule is CN1CC2(CCN(CC=Cc3ccc(F)cc3)CC2)OC1=O. The van der Waals surface area contributed by atoms with Gasteiger partial charge in [0.25, 0.3) is 0 Å². The maximum atomic E-state index is 12.8. The number of likely N-dealkylation sites (N-methyl/N-ethyl adjacent to an activating group) is 1. The van der Waals surface area contributed by atoms with Crippen LogP contribution in [0, 0.1) is 5.82 Å². The molecule has 0 aromatic heterocycles. The molecule has 22 heavy (non-hydrogen) atoms. The van der Waals surface area contributed by atoms with Crippen molar-refractivity contribution in [2.75, 3.05) is 33.2 Å². The van der Waals surface area contributed by atoms with Crippen molar-refractivity contribution in [1.29, 1.82) is 0 Å². The van der Waals surface area contributed by atoms with Crippen LogP contribution in [0.15, 0.2) is 30.3 Å². The van der Waals surface area contributed by atoms with Crippen molar-refractivity contribution < 1.29 is 13.9 Å². The summed E-state index contributed by atoms with van der Waals surface area (Å²) < 4.78 is 18.4. The van der Waals surface area contributed by atoms with Crippen LogP contribution in [-0.4, -0.2) is 54.7 Å². The molecule has 4 nitrogen and oxygen atoms in total. The maximum absolute atomic E-state index is 12.8. The fourth-order valence-corrected chi connectivity index (χ4v) is 3.11. The second-order valence-corrected chi connectivity index (χ2v) is 6.16. The molecule has 2 aliphatic heterocycles. The number of piperidine rings is 1. The first-order chi connectivity index (χ1) is 10.6. The van der Waals surface area contributed by atoms with Crippen LogP contribution in [0.25, 0.3) is 6.08 Å². The number of rotatable bonds is 3. The van der Waals surface area contributed by atoms with E-state index in [0.717, 1.165) is 38.0 Å². The van der Waals surface area contributed by atoms with Gasteiger partial charge in [-0.2, -0.15) is 0 Å². The standard InChI is InChI=1S/C17H21FN2O2/c1-19-13-17(22-16(19)21)8-11-20(12-9-17)10-2-3-14-4-6-15(18)7-5-14/h2-7H,8-13H2,1H3. The zero-order chi connectivity index (χ0) is 15.6. The summed E-state index contributed by atoms with van der Waals surface area (Å²) in [7, 11) is 1.79.